The zero-order valence-electron chi connectivity index (χ0n) is 7.90. The molecule has 1 rings (SSSR count). The largest absolute Gasteiger partial charge is 0.334 e. The lowest BCUT2D eigenvalue weighted by Crippen LogP contribution is -2.45. The fourth-order valence-electron chi connectivity index (χ4n) is 0.744. The highest BCUT2D eigenvalue weighted by Crippen LogP contribution is 1.97. The van der Waals surface area contributed by atoms with Crippen LogP contribution < -0.4 is 10.7 Å². The van der Waals surface area contributed by atoms with Crippen LogP contribution in [0.5, 0.6) is 0 Å². The fraction of sp³-hybridized carbons (Fsp3) is 0.571. The first-order chi connectivity index (χ1) is 5.97. The molecule has 0 saturated carbocycles. The van der Waals surface area contributed by atoms with E-state index in [1.807, 2.05) is 20.8 Å². The maximum absolute atomic E-state index is 11.2. The van der Waals surface area contributed by atoms with Crippen molar-refractivity contribution >= 4 is 6.03 Å². The average Bonchev–Trinajstić information content (AvgIpc) is 2.34. The summed E-state index contributed by atoms with van der Waals surface area (Å²) in [6.45, 7) is 5.70. The number of nitrogens with zero attached hydrogens (tertiary/aromatic N) is 3. The minimum Gasteiger partial charge on any atom is -0.332 e. The van der Waals surface area contributed by atoms with E-state index in [4.69, 9.17) is 0 Å². The Kier molecular flexibility index (Phi) is 2.50. The maximum atomic E-state index is 11.2. The minimum atomic E-state index is -0.285. The molecule has 0 atom stereocenters. The fourth-order valence-corrected chi connectivity index (χ4v) is 0.744. The third-order valence-corrected chi connectivity index (χ3v) is 1.14. The maximum Gasteiger partial charge on any atom is 0.334 e. The number of amides is 2. The molecule has 0 unspecified atom stereocenters. The minimum absolute atomic E-state index is 0.252. The standard InChI is InChI=1S/C7H13N5O/c1-7(2,3)10-6(13)11-12-4-8-9-5-12/h4-5H,1-3H3,(H2,10,11,13). The topological polar surface area (TPSA) is 71.8 Å². The van der Waals surface area contributed by atoms with E-state index in [-0.39, 0.29) is 11.6 Å². The van der Waals surface area contributed by atoms with Gasteiger partial charge in [-0.05, 0) is 20.8 Å². The van der Waals surface area contributed by atoms with Gasteiger partial charge in [0.1, 0.15) is 12.7 Å². The molecule has 0 aromatic carbocycles. The summed E-state index contributed by atoms with van der Waals surface area (Å²) in [5.41, 5.74) is 2.27. The van der Waals surface area contributed by atoms with Gasteiger partial charge in [-0.25, -0.2) is 14.9 Å². The molecule has 1 aromatic rings. The lowest BCUT2D eigenvalue weighted by molar-refractivity contribution is 0.241. The summed E-state index contributed by atoms with van der Waals surface area (Å²) in [4.78, 5) is 11.2. The van der Waals surface area contributed by atoms with Gasteiger partial charge in [-0.1, -0.05) is 0 Å². The summed E-state index contributed by atoms with van der Waals surface area (Å²) >= 11 is 0. The summed E-state index contributed by atoms with van der Waals surface area (Å²) < 4.78 is 1.38. The van der Waals surface area contributed by atoms with Crippen molar-refractivity contribution in [3.05, 3.63) is 12.7 Å². The zero-order valence-corrected chi connectivity index (χ0v) is 7.90. The molecular weight excluding hydrogens is 170 g/mol. The highest BCUT2D eigenvalue weighted by Gasteiger charge is 2.13. The van der Waals surface area contributed by atoms with Gasteiger partial charge in [-0.3, -0.25) is 0 Å². The normalized spacial score (nSPS) is 11.0. The lowest BCUT2D eigenvalue weighted by atomic mass is 10.1. The summed E-state index contributed by atoms with van der Waals surface area (Å²) in [5.74, 6) is 0. The molecule has 0 bridgehead atoms. The Balaban J connectivity index is 2.43. The number of carbonyl (C=O) groups excluding carboxylic acids is 1. The Hall–Kier alpha value is -1.59. The van der Waals surface area contributed by atoms with E-state index in [0.29, 0.717) is 0 Å². The summed E-state index contributed by atoms with van der Waals surface area (Å²) in [6, 6.07) is -0.285. The molecular formula is C7H13N5O. The molecule has 0 aliphatic carbocycles. The van der Waals surface area contributed by atoms with E-state index in [1.165, 1.54) is 17.3 Å². The van der Waals surface area contributed by atoms with Crippen molar-refractivity contribution in [2.24, 2.45) is 0 Å². The van der Waals surface area contributed by atoms with Crippen molar-refractivity contribution in [3.63, 3.8) is 0 Å². The van der Waals surface area contributed by atoms with Gasteiger partial charge >= 0.3 is 6.03 Å². The number of aromatic nitrogens is 3. The van der Waals surface area contributed by atoms with Gasteiger partial charge in [0, 0.05) is 5.54 Å². The van der Waals surface area contributed by atoms with Crippen LogP contribution >= 0.6 is 0 Å². The smallest absolute Gasteiger partial charge is 0.332 e. The molecule has 6 heteroatoms. The summed E-state index contributed by atoms with van der Waals surface area (Å²) in [6.07, 6.45) is 2.81. The molecule has 2 amide bonds. The Bertz CT molecular complexity index is 274. The van der Waals surface area contributed by atoms with Crippen LogP contribution in [0, 0.1) is 0 Å². The van der Waals surface area contributed by atoms with Gasteiger partial charge in [0.15, 0.2) is 0 Å². The number of rotatable bonds is 1. The Morgan fingerprint density at radius 3 is 2.31 bits per heavy atom. The van der Waals surface area contributed by atoms with Crippen LogP contribution in [0.3, 0.4) is 0 Å². The summed E-state index contributed by atoms with van der Waals surface area (Å²) in [5, 5.41) is 9.82. The van der Waals surface area contributed by atoms with E-state index in [9.17, 15) is 4.79 Å². The monoisotopic (exact) mass is 183 g/mol. The number of nitrogens with one attached hydrogen (secondary N) is 2. The average molecular weight is 183 g/mol. The first-order valence-corrected chi connectivity index (χ1v) is 3.91. The third kappa shape index (κ3) is 3.55. The van der Waals surface area contributed by atoms with Gasteiger partial charge in [0.25, 0.3) is 0 Å². The van der Waals surface area contributed by atoms with E-state index in [0.717, 1.165) is 0 Å². The highest BCUT2D eigenvalue weighted by atomic mass is 16.2. The predicted octanol–water partition coefficient (Wildman–Crippen LogP) is 0.330. The van der Waals surface area contributed by atoms with Crippen molar-refractivity contribution in [1.82, 2.24) is 20.2 Å². The Morgan fingerprint density at radius 2 is 1.85 bits per heavy atom. The number of carbonyl (C=O) groups is 1. The van der Waals surface area contributed by atoms with Crippen LogP contribution in [0.15, 0.2) is 12.7 Å². The molecule has 0 radical (unpaired) electrons. The second-order valence-corrected chi connectivity index (χ2v) is 3.69. The zero-order chi connectivity index (χ0) is 9.90. The van der Waals surface area contributed by atoms with Crippen LogP contribution in [-0.2, 0) is 0 Å². The highest BCUT2D eigenvalue weighted by molar-refractivity contribution is 5.82. The first-order valence-electron chi connectivity index (χ1n) is 3.91. The lowest BCUT2D eigenvalue weighted by Gasteiger charge is -2.20. The molecule has 1 aromatic heterocycles. The molecule has 0 saturated heterocycles. The van der Waals surface area contributed by atoms with Crippen LogP contribution in [-0.4, -0.2) is 26.4 Å². The van der Waals surface area contributed by atoms with E-state index in [2.05, 4.69) is 20.9 Å². The van der Waals surface area contributed by atoms with Crippen molar-refractivity contribution < 1.29 is 4.79 Å². The van der Waals surface area contributed by atoms with Gasteiger partial charge in [-0.15, -0.1) is 10.2 Å². The molecule has 72 valence electrons. The van der Waals surface area contributed by atoms with Gasteiger partial charge in [0.05, 0.1) is 0 Å². The third-order valence-electron chi connectivity index (χ3n) is 1.14. The quantitative estimate of drug-likeness (QED) is 0.659. The van der Waals surface area contributed by atoms with Gasteiger partial charge in [-0.2, -0.15) is 0 Å². The van der Waals surface area contributed by atoms with E-state index >= 15 is 0 Å². The molecule has 1 heterocycles. The number of urea groups is 1. The molecule has 0 aliphatic heterocycles. The van der Waals surface area contributed by atoms with Crippen LogP contribution in [0.4, 0.5) is 4.79 Å². The van der Waals surface area contributed by atoms with Crippen LogP contribution in [0.25, 0.3) is 0 Å². The second-order valence-electron chi connectivity index (χ2n) is 3.69. The predicted molar refractivity (Wildman–Crippen MR) is 47.7 cm³/mol. The van der Waals surface area contributed by atoms with Crippen molar-refractivity contribution in [2.75, 3.05) is 5.43 Å². The Labute approximate surface area is 76.3 Å². The van der Waals surface area contributed by atoms with Crippen molar-refractivity contribution in [1.29, 1.82) is 0 Å². The van der Waals surface area contributed by atoms with Crippen molar-refractivity contribution in [2.45, 2.75) is 26.3 Å². The SMILES string of the molecule is CC(C)(C)NC(=O)Nn1cnnc1. The Morgan fingerprint density at radius 1 is 1.31 bits per heavy atom. The first kappa shape index (κ1) is 9.50. The van der Waals surface area contributed by atoms with E-state index in [1.54, 1.807) is 0 Å². The second kappa shape index (κ2) is 3.42. The molecule has 0 aliphatic rings. The van der Waals surface area contributed by atoms with E-state index < -0.39 is 0 Å². The molecule has 6 nitrogen and oxygen atoms in total. The molecule has 0 fully saturated rings. The summed E-state index contributed by atoms with van der Waals surface area (Å²) in [7, 11) is 0. The number of hydrogen-bond donors (Lipinski definition) is 2. The van der Waals surface area contributed by atoms with Crippen molar-refractivity contribution in [3.8, 4) is 0 Å². The van der Waals surface area contributed by atoms with Gasteiger partial charge in [0.2, 0.25) is 0 Å². The van der Waals surface area contributed by atoms with Crippen LogP contribution in [0.2, 0.25) is 0 Å². The molecule has 0 spiro atoms. The molecule has 2 N–H and O–H groups in total. The molecule has 13 heavy (non-hydrogen) atoms. The number of hydrogen-bond acceptors (Lipinski definition) is 3. The van der Waals surface area contributed by atoms with Gasteiger partial charge < -0.3 is 5.32 Å². The van der Waals surface area contributed by atoms with Crippen LogP contribution in [0.1, 0.15) is 20.8 Å².